The third-order valence-electron chi connectivity index (χ3n) is 7.82. The Kier molecular flexibility index (Phi) is 3.02. The summed E-state index contributed by atoms with van der Waals surface area (Å²) in [4.78, 5) is 12.6. The zero-order chi connectivity index (χ0) is 16.6. The Morgan fingerprint density at radius 3 is 2.61 bits per heavy atom. The largest absolute Gasteiger partial charge is 0.472 e. The van der Waals surface area contributed by atoms with Gasteiger partial charge >= 0.3 is 0 Å². The summed E-state index contributed by atoms with van der Waals surface area (Å²) in [5.41, 5.74) is 2.43. The second-order valence-electron chi connectivity index (χ2n) is 9.22. The Labute approximate surface area is 138 Å². The first-order valence-electron chi connectivity index (χ1n) is 8.99. The van der Waals surface area contributed by atoms with Crippen molar-refractivity contribution < 1.29 is 14.3 Å². The van der Waals surface area contributed by atoms with Crippen molar-refractivity contribution in [3.63, 3.8) is 0 Å². The smallest absolute Gasteiger partial charge is 0.167 e. The molecule has 1 aromatic rings. The van der Waals surface area contributed by atoms with Crippen LogP contribution in [0.4, 0.5) is 0 Å². The molecule has 1 heterocycles. The minimum Gasteiger partial charge on any atom is -0.472 e. The van der Waals surface area contributed by atoms with Crippen molar-refractivity contribution in [2.75, 3.05) is 0 Å². The monoisotopic (exact) mass is 316 g/mol. The molecular formula is C20H28O3. The number of hydrogen-bond donors (Lipinski definition) is 1. The Morgan fingerprint density at radius 2 is 1.87 bits per heavy atom. The molecule has 1 aromatic heterocycles. The Morgan fingerprint density at radius 1 is 1.13 bits per heavy atom. The lowest BCUT2D eigenvalue weighted by Crippen LogP contribution is -2.62. The van der Waals surface area contributed by atoms with E-state index in [4.69, 9.17) is 4.42 Å². The fraction of sp³-hybridized carbons (Fsp3) is 0.750. The lowest BCUT2D eigenvalue weighted by Gasteiger charge is -2.63. The summed E-state index contributed by atoms with van der Waals surface area (Å²) in [6.07, 6.45) is 8.02. The van der Waals surface area contributed by atoms with Gasteiger partial charge < -0.3 is 9.52 Å². The number of aliphatic hydroxyl groups is 1. The van der Waals surface area contributed by atoms with Crippen LogP contribution < -0.4 is 0 Å². The lowest BCUT2D eigenvalue weighted by molar-refractivity contribution is -0.171. The van der Waals surface area contributed by atoms with Crippen LogP contribution in [0, 0.1) is 22.7 Å². The molecule has 0 aromatic carbocycles. The topological polar surface area (TPSA) is 50.4 Å². The number of aryl methyl sites for hydroxylation is 1. The average molecular weight is 316 g/mol. The average Bonchev–Trinajstić information content (AvgIpc) is 2.94. The number of furan rings is 1. The first kappa shape index (κ1) is 15.4. The van der Waals surface area contributed by atoms with E-state index in [9.17, 15) is 9.90 Å². The first-order valence-corrected chi connectivity index (χ1v) is 8.99. The predicted molar refractivity (Wildman–Crippen MR) is 88.1 cm³/mol. The highest BCUT2D eigenvalue weighted by Crippen LogP contribution is 2.66. The van der Waals surface area contributed by atoms with E-state index in [0.717, 1.165) is 25.7 Å². The molecule has 0 aliphatic heterocycles. The first-order chi connectivity index (χ1) is 10.7. The van der Waals surface area contributed by atoms with Gasteiger partial charge in [-0.05, 0) is 65.9 Å². The van der Waals surface area contributed by atoms with E-state index in [-0.39, 0.29) is 16.6 Å². The molecule has 3 aliphatic carbocycles. The van der Waals surface area contributed by atoms with Crippen LogP contribution in [0.15, 0.2) is 16.9 Å². The maximum atomic E-state index is 12.6. The van der Waals surface area contributed by atoms with Gasteiger partial charge in [-0.1, -0.05) is 27.7 Å². The summed E-state index contributed by atoms with van der Waals surface area (Å²) in [5, 5.41) is 10.5. The Bertz CT molecular complexity index is 658. The summed E-state index contributed by atoms with van der Waals surface area (Å²) in [6, 6.07) is 0. The zero-order valence-electron chi connectivity index (χ0n) is 14.7. The molecule has 0 saturated heterocycles. The normalized spacial score (nSPS) is 45.1. The minimum absolute atomic E-state index is 0.0127. The standard InChI is InChI=1S/C20H28O3/c1-18(2)15-7-8-19(3)13-11-23-10-12(13)5-6-16(19)20(15,4)9-14(21)17(18)22/h10-11,14-16,21H,5-9H2,1-4H3/t14-,15+,16+,19+,20+/m1/s1. The van der Waals surface area contributed by atoms with Gasteiger partial charge in [0, 0.05) is 5.41 Å². The van der Waals surface area contributed by atoms with Crippen molar-refractivity contribution in [1.29, 1.82) is 0 Å². The second kappa shape index (κ2) is 4.50. The van der Waals surface area contributed by atoms with Crippen molar-refractivity contribution >= 4 is 5.78 Å². The van der Waals surface area contributed by atoms with Crippen LogP contribution in [0.1, 0.15) is 64.5 Å². The number of ketones is 1. The van der Waals surface area contributed by atoms with E-state index >= 15 is 0 Å². The zero-order valence-corrected chi connectivity index (χ0v) is 14.7. The van der Waals surface area contributed by atoms with Crippen LogP contribution in [0.2, 0.25) is 0 Å². The van der Waals surface area contributed by atoms with Crippen LogP contribution in [0.25, 0.3) is 0 Å². The molecule has 0 radical (unpaired) electrons. The molecular weight excluding hydrogens is 288 g/mol. The van der Waals surface area contributed by atoms with Crippen molar-refractivity contribution in [3.8, 4) is 0 Å². The number of rotatable bonds is 0. The van der Waals surface area contributed by atoms with Crippen molar-refractivity contribution in [2.45, 2.75) is 71.3 Å². The SMILES string of the molecule is CC1(C)C(=O)[C@H](O)C[C@]2(C)[C@H]3CCc4cocc4[C@]3(C)CC[C@@H]12. The highest BCUT2D eigenvalue weighted by molar-refractivity contribution is 5.89. The maximum Gasteiger partial charge on any atom is 0.167 e. The van der Waals surface area contributed by atoms with Gasteiger partial charge in [0.1, 0.15) is 6.10 Å². The third-order valence-corrected chi connectivity index (χ3v) is 7.82. The van der Waals surface area contributed by atoms with Gasteiger partial charge in [0.05, 0.1) is 12.5 Å². The van der Waals surface area contributed by atoms with E-state index in [1.165, 1.54) is 11.1 Å². The van der Waals surface area contributed by atoms with Crippen molar-refractivity contribution in [2.24, 2.45) is 22.7 Å². The molecule has 0 unspecified atom stereocenters. The van der Waals surface area contributed by atoms with Crippen LogP contribution in [-0.2, 0) is 16.6 Å². The molecule has 2 fully saturated rings. The Hall–Kier alpha value is -1.09. The van der Waals surface area contributed by atoms with Gasteiger partial charge in [-0.2, -0.15) is 0 Å². The predicted octanol–water partition coefficient (Wildman–Crippen LogP) is 3.88. The molecule has 0 amide bonds. The van der Waals surface area contributed by atoms with Gasteiger partial charge in [0.15, 0.2) is 5.78 Å². The molecule has 23 heavy (non-hydrogen) atoms. The van der Waals surface area contributed by atoms with Gasteiger partial charge in [-0.15, -0.1) is 0 Å². The number of fused-ring (bicyclic) bond motifs is 5. The highest BCUT2D eigenvalue weighted by atomic mass is 16.3. The quantitative estimate of drug-likeness (QED) is 0.790. The van der Waals surface area contributed by atoms with E-state index in [1.54, 1.807) is 0 Å². The summed E-state index contributed by atoms with van der Waals surface area (Å²) in [5.74, 6) is 0.904. The third kappa shape index (κ3) is 1.77. The minimum atomic E-state index is -0.806. The second-order valence-corrected chi connectivity index (χ2v) is 9.22. The van der Waals surface area contributed by atoms with Crippen LogP contribution in [-0.4, -0.2) is 17.0 Å². The van der Waals surface area contributed by atoms with E-state index in [1.807, 2.05) is 12.5 Å². The number of carbonyl (C=O) groups is 1. The molecule has 126 valence electrons. The highest BCUT2D eigenvalue weighted by Gasteiger charge is 2.63. The molecule has 0 spiro atoms. The van der Waals surface area contributed by atoms with Gasteiger partial charge in [-0.25, -0.2) is 0 Å². The van der Waals surface area contributed by atoms with Crippen molar-refractivity contribution in [1.82, 2.24) is 0 Å². The molecule has 3 heteroatoms. The summed E-state index contributed by atoms with van der Waals surface area (Å²) < 4.78 is 5.53. The maximum absolute atomic E-state index is 12.6. The fourth-order valence-electron chi connectivity index (χ4n) is 6.79. The molecule has 5 atom stereocenters. The van der Waals surface area contributed by atoms with Gasteiger partial charge in [0.25, 0.3) is 0 Å². The van der Waals surface area contributed by atoms with Gasteiger partial charge in [0.2, 0.25) is 0 Å². The number of Topliss-reactive ketones (excluding diaryl/α,β-unsaturated/α-hetero) is 1. The molecule has 2 saturated carbocycles. The summed E-state index contributed by atoms with van der Waals surface area (Å²) in [6.45, 7) is 8.81. The Balaban J connectivity index is 1.82. The van der Waals surface area contributed by atoms with Gasteiger partial charge in [-0.3, -0.25) is 4.79 Å². The van der Waals surface area contributed by atoms with E-state index in [0.29, 0.717) is 18.3 Å². The van der Waals surface area contributed by atoms with E-state index < -0.39 is 11.5 Å². The molecule has 1 N–H and O–H groups in total. The fourth-order valence-corrected chi connectivity index (χ4v) is 6.79. The number of hydrogen-bond acceptors (Lipinski definition) is 3. The summed E-state index contributed by atoms with van der Waals surface area (Å²) in [7, 11) is 0. The number of aliphatic hydroxyl groups excluding tert-OH is 1. The number of carbonyl (C=O) groups excluding carboxylic acids is 1. The molecule has 3 nitrogen and oxygen atoms in total. The summed E-state index contributed by atoms with van der Waals surface area (Å²) >= 11 is 0. The lowest BCUT2D eigenvalue weighted by atomic mass is 9.40. The van der Waals surface area contributed by atoms with Crippen LogP contribution in [0.5, 0.6) is 0 Å². The van der Waals surface area contributed by atoms with Crippen LogP contribution in [0.3, 0.4) is 0 Å². The van der Waals surface area contributed by atoms with Crippen LogP contribution >= 0.6 is 0 Å². The van der Waals surface area contributed by atoms with E-state index in [2.05, 4.69) is 27.7 Å². The molecule has 4 rings (SSSR count). The molecule has 3 aliphatic rings. The van der Waals surface area contributed by atoms with Crippen molar-refractivity contribution in [3.05, 3.63) is 23.7 Å². The molecule has 0 bridgehead atoms.